The van der Waals surface area contributed by atoms with E-state index in [0.717, 1.165) is 29.5 Å². The molecule has 3 rings (SSSR count). The number of thiophene rings is 1. The van der Waals surface area contributed by atoms with Crippen molar-refractivity contribution in [3.63, 3.8) is 0 Å². The number of nitrogens with one attached hydrogen (secondary N) is 2. The predicted molar refractivity (Wildman–Crippen MR) is 94.3 cm³/mol. The first kappa shape index (κ1) is 21.6. The summed E-state index contributed by atoms with van der Waals surface area (Å²) in [6.07, 6.45) is -1.00. The molecule has 1 fully saturated rings. The standard InChI is InChI=1S/C14H16N4O2S.C2HF3O2/c1-20-12-3-2-11(21-12)13-16-6-9(7-17-13)14(19)18-10-4-5-15-8-10;3-2(4,5)1(6)7/h2-3,6-7,10,15H,4-5,8H2,1H3,(H,18,19);(H,6,7). The van der Waals surface area contributed by atoms with Gasteiger partial charge in [-0.1, -0.05) is 11.3 Å². The quantitative estimate of drug-likeness (QED) is 0.695. The number of aliphatic carboxylic acids is 1. The Morgan fingerprint density at radius 3 is 2.43 bits per heavy atom. The molecule has 28 heavy (non-hydrogen) atoms. The molecule has 0 radical (unpaired) electrons. The maximum absolute atomic E-state index is 12.1. The summed E-state index contributed by atoms with van der Waals surface area (Å²) in [7, 11) is 1.63. The fraction of sp³-hybridized carbons (Fsp3) is 0.375. The van der Waals surface area contributed by atoms with Gasteiger partial charge in [-0.05, 0) is 25.1 Å². The second-order valence-corrected chi connectivity index (χ2v) is 6.63. The molecule has 0 bridgehead atoms. The average Bonchev–Trinajstić information content (AvgIpc) is 3.33. The van der Waals surface area contributed by atoms with E-state index in [1.54, 1.807) is 19.5 Å². The highest BCUT2D eigenvalue weighted by Crippen LogP contribution is 2.30. The molecule has 0 saturated carbocycles. The van der Waals surface area contributed by atoms with Gasteiger partial charge >= 0.3 is 12.1 Å². The van der Waals surface area contributed by atoms with Crippen molar-refractivity contribution in [3.8, 4) is 15.8 Å². The number of carbonyl (C=O) groups excluding carboxylic acids is 1. The number of hydrogen-bond donors (Lipinski definition) is 3. The number of carboxylic acid groups (broad SMARTS) is 1. The maximum atomic E-state index is 12.1. The van der Waals surface area contributed by atoms with E-state index < -0.39 is 12.1 Å². The largest absolute Gasteiger partial charge is 0.490 e. The Hall–Kier alpha value is -2.73. The van der Waals surface area contributed by atoms with Gasteiger partial charge in [-0.2, -0.15) is 13.2 Å². The molecule has 3 heterocycles. The number of amides is 1. The van der Waals surface area contributed by atoms with Gasteiger partial charge in [0.1, 0.15) is 0 Å². The van der Waals surface area contributed by atoms with Crippen LogP contribution in [0.2, 0.25) is 0 Å². The van der Waals surface area contributed by atoms with Crippen molar-refractivity contribution >= 4 is 23.2 Å². The number of rotatable bonds is 4. The van der Waals surface area contributed by atoms with Gasteiger partial charge in [-0.25, -0.2) is 14.8 Å². The molecule has 0 spiro atoms. The number of aromatic nitrogens is 2. The van der Waals surface area contributed by atoms with Crippen LogP contribution >= 0.6 is 11.3 Å². The average molecular weight is 418 g/mol. The summed E-state index contributed by atoms with van der Waals surface area (Å²) in [4.78, 5) is 30.4. The first-order chi connectivity index (χ1) is 13.2. The summed E-state index contributed by atoms with van der Waals surface area (Å²) < 4.78 is 36.9. The molecule has 1 unspecified atom stereocenters. The first-order valence-corrected chi connectivity index (χ1v) is 8.80. The van der Waals surface area contributed by atoms with Gasteiger partial charge in [0.2, 0.25) is 0 Å². The highest BCUT2D eigenvalue weighted by Gasteiger charge is 2.38. The van der Waals surface area contributed by atoms with Gasteiger partial charge in [-0.3, -0.25) is 4.79 Å². The molecular weight excluding hydrogens is 401 g/mol. The number of nitrogens with zero attached hydrogens (tertiary/aromatic N) is 2. The van der Waals surface area contributed by atoms with Gasteiger partial charge in [0, 0.05) is 25.0 Å². The molecule has 1 amide bonds. The second-order valence-electron chi connectivity index (χ2n) is 5.58. The molecule has 8 nitrogen and oxygen atoms in total. The molecule has 2 aromatic heterocycles. The zero-order valence-electron chi connectivity index (χ0n) is 14.6. The monoisotopic (exact) mass is 418 g/mol. The van der Waals surface area contributed by atoms with Gasteiger partial charge in [0.15, 0.2) is 10.9 Å². The van der Waals surface area contributed by atoms with Crippen LogP contribution in [0.15, 0.2) is 24.5 Å². The van der Waals surface area contributed by atoms with Crippen LogP contribution < -0.4 is 15.4 Å². The van der Waals surface area contributed by atoms with Crippen molar-refractivity contribution in [3.05, 3.63) is 30.1 Å². The lowest BCUT2D eigenvalue weighted by molar-refractivity contribution is -0.192. The van der Waals surface area contributed by atoms with Crippen LogP contribution in [0.3, 0.4) is 0 Å². The van der Waals surface area contributed by atoms with Gasteiger partial charge < -0.3 is 20.5 Å². The Bertz CT molecular complexity index is 805. The van der Waals surface area contributed by atoms with Crippen LogP contribution in [0, 0.1) is 0 Å². The van der Waals surface area contributed by atoms with Crippen molar-refractivity contribution in [2.75, 3.05) is 20.2 Å². The summed E-state index contributed by atoms with van der Waals surface area (Å²) in [6.45, 7) is 1.76. The summed E-state index contributed by atoms with van der Waals surface area (Å²) in [6, 6.07) is 3.97. The number of methoxy groups -OCH3 is 1. The Balaban J connectivity index is 0.000000345. The van der Waals surface area contributed by atoms with Crippen LogP contribution in [0.1, 0.15) is 16.8 Å². The third kappa shape index (κ3) is 6.16. The Kier molecular flexibility index (Phi) is 7.29. The predicted octanol–water partition coefficient (Wildman–Crippen LogP) is 1.94. The fourth-order valence-electron chi connectivity index (χ4n) is 2.17. The van der Waals surface area contributed by atoms with E-state index in [2.05, 4.69) is 20.6 Å². The minimum absolute atomic E-state index is 0.126. The highest BCUT2D eigenvalue weighted by molar-refractivity contribution is 7.17. The van der Waals surface area contributed by atoms with E-state index >= 15 is 0 Å². The molecule has 3 N–H and O–H groups in total. The molecule has 1 aliphatic rings. The van der Waals surface area contributed by atoms with Crippen molar-refractivity contribution in [1.29, 1.82) is 0 Å². The minimum atomic E-state index is -5.08. The number of carbonyl (C=O) groups is 2. The molecule has 1 aliphatic heterocycles. The number of halogens is 3. The van der Waals surface area contributed by atoms with E-state index in [1.165, 1.54) is 11.3 Å². The van der Waals surface area contributed by atoms with Gasteiger partial charge in [-0.15, -0.1) is 0 Å². The molecule has 2 aromatic rings. The van der Waals surface area contributed by atoms with Crippen molar-refractivity contribution < 1.29 is 32.6 Å². The molecule has 12 heteroatoms. The van der Waals surface area contributed by atoms with Crippen LogP contribution in [-0.4, -0.2) is 59.4 Å². The Morgan fingerprint density at radius 2 is 1.96 bits per heavy atom. The van der Waals surface area contributed by atoms with E-state index in [0.29, 0.717) is 11.4 Å². The zero-order chi connectivity index (χ0) is 20.7. The van der Waals surface area contributed by atoms with E-state index in [9.17, 15) is 18.0 Å². The van der Waals surface area contributed by atoms with Gasteiger partial charge in [0.25, 0.3) is 5.91 Å². The van der Waals surface area contributed by atoms with Crippen LogP contribution in [0.5, 0.6) is 5.06 Å². The first-order valence-electron chi connectivity index (χ1n) is 7.98. The lowest BCUT2D eigenvalue weighted by atomic mass is 10.2. The summed E-state index contributed by atoms with van der Waals surface area (Å²) >= 11 is 1.47. The normalized spacial score (nSPS) is 16.1. The van der Waals surface area contributed by atoms with E-state index in [1.807, 2.05) is 12.1 Å². The van der Waals surface area contributed by atoms with Crippen molar-refractivity contribution in [1.82, 2.24) is 20.6 Å². The number of carboxylic acids is 1. The van der Waals surface area contributed by atoms with Crippen LogP contribution in [0.25, 0.3) is 10.7 Å². The molecule has 0 aromatic carbocycles. The Labute approximate surface area is 161 Å². The minimum Gasteiger partial charge on any atom is -0.487 e. The lowest BCUT2D eigenvalue weighted by Crippen LogP contribution is -2.36. The Morgan fingerprint density at radius 1 is 1.32 bits per heavy atom. The van der Waals surface area contributed by atoms with E-state index in [-0.39, 0.29) is 11.9 Å². The molecular formula is C16H17F3N4O4S. The SMILES string of the molecule is COc1ccc(-c2ncc(C(=O)NC3CCNC3)cn2)s1.O=C(O)C(F)(F)F. The third-order valence-corrected chi connectivity index (χ3v) is 4.60. The molecule has 0 aliphatic carbocycles. The van der Waals surface area contributed by atoms with Gasteiger partial charge in [0.05, 0.1) is 17.6 Å². The van der Waals surface area contributed by atoms with E-state index in [4.69, 9.17) is 14.6 Å². The topological polar surface area (TPSA) is 113 Å². The highest BCUT2D eigenvalue weighted by atomic mass is 32.1. The smallest absolute Gasteiger partial charge is 0.487 e. The van der Waals surface area contributed by atoms with Crippen molar-refractivity contribution in [2.45, 2.75) is 18.6 Å². The third-order valence-electron chi connectivity index (χ3n) is 3.55. The maximum Gasteiger partial charge on any atom is 0.490 e. The fourth-order valence-corrected chi connectivity index (χ4v) is 2.94. The second kappa shape index (κ2) is 9.46. The summed E-state index contributed by atoms with van der Waals surface area (Å²) in [5.41, 5.74) is 0.481. The molecule has 152 valence electrons. The van der Waals surface area contributed by atoms with Crippen LogP contribution in [0.4, 0.5) is 13.2 Å². The number of hydrogen-bond acceptors (Lipinski definition) is 7. The number of ether oxygens (including phenoxy) is 1. The lowest BCUT2D eigenvalue weighted by Gasteiger charge is -2.10. The summed E-state index contributed by atoms with van der Waals surface area (Å²) in [5, 5.41) is 14.1. The number of alkyl halides is 3. The van der Waals surface area contributed by atoms with Crippen molar-refractivity contribution in [2.24, 2.45) is 0 Å². The zero-order valence-corrected chi connectivity index (χ0v) is 15.4. The molecule has 1 atom stereocenters. The summed E-state index contributed by atoms with van der Waals surface area (Å²) in [5.74, 6) is -2.28. The van der Waals surface area contributed by atoms with Crippen LogP contribution in [-0.2, 0) is 4.79 Å². The molecule has 1 saturated heterocycles.